The van der Waals surface area contributed by atoms with Gasteiger partial charge in [-0.05, 0) is 35.8 Å². The molecule has 0 atom stereocenters. The number of halogens is 1. The molecule has 0 aliphatic carbocycles. The average Bonchev–Trinajstić information content (AvgIpc) is 2.42. The van der Waals surface area contributed by atoms with E-state index < -0.39 is 10.0 Å². The number of aryl methyl sites for hydroxylation is 1. The van der Waals surface area contributed by atoms with Crippen LogP contribution in [0.25, 0.3) is 0 Å². The molecule has 0 bridgehead atoms. The molecule has 1 heterocycles. The van der Waals surface area contributed by atoms with Gasteiger partial charge in [0, 0.05) is 4.88 Å². The summed E-state index contributed by atoms with van der Waals surface area (Å²) in [6, 6.07) is 1.56. The maximum atomic E-state index is 11.6. The van der Waals surface area contributed by atoms with Crippen LogP contribution in [0.15, 0.2) is 14.7 Å². The van der Waals surface area contributed by atoms with Crippen LogP contribution in [0.1, 0.15) is 11.8 Å². The van der Waals surface area contributed by atoms with Gasteiger partial charge in [-0.15, -0.1) is 11.3 Å². The molecule has 7 heteroatoms. The normalized spacial score (nSPS) is 11.9. The maximum Gasteiger partial charge on any atom is 0.263 e. The Morgan fingerprint density at radius 1 is 1.64 bits per heavy atom. The zero-order valence-electron chi connectivity index (χ0n) is 7.70. The fraction of sp³-hybridized carbons (Fsp3) is 0.429. The van der Waals surface area contributed by atoms with Crippen molar-refractivity contribution < 1.29 is 13.3 Å². The molecule has 1 N–H and O–H groups in total. The third-order valence-electron chi connectivity index (χ3n) is 1.44. The van der Waals surface area contributed by atoms with Crippen LogP contribution < -0.4 is 4.89 Å². The molecule has 0 saturated heterocycles. The fourth-order valence-electron chi connectivity index (χ4n) is 0.879. The second kappa shape index (κ2) is 4.71. The molecule has 0 spiro atoms. The first-order valence-electron chi connectivity index (χ1n) is 3.87. The number of sulfonamides is 1. The zero-order valence-corrected chi connectivity index (χ0v) is 10.9. The molecule has 0 fully saturated rings. The third kappa shape index (κ3) is 2.77. The third-order valence-corrected chi connectivity index (χ3v) is 4.47. The van der Waals surface area contributed by atoms with E-state index in [4.69, 9.17) is 0 Å². The number of thiophene rings is 1. The van der Waals surface area contributed by atoms with E-state index in [1.54, 1.807) is 19.9 Å². The van der Waals surface area contributed by atoms with Crippen LogP contribution in [0.2, 0.25) is 0 Å². The van der Waals surface area contributed by atoms with Crippen LogP contribution in [0.4, 0.5) is 0 Å². The first kappa shape index (κ1) is 12.1. The van der Waals surface area contributed by atoms with E-state index in [0.717, 1.165) is 8.66 Å². The lowest BCUT2D eigenvalue weighted by Crippen LogP contribution is -2.24. The molecule has 1 rings (SSSR count). The second-order valence-corrected chi connectivity index (χ2v) is 6.74. The Balaban J connectivity index is 2.98. The molecule has 1 aromatic rings. The van der Waals surface area contributed by atoms with Gasteiger partial charge in [0.1, 0.15) is 0 Å². The molecule has 80 valence electrons. The van der Waals surface area contributed by atoms with E-state index in [-0.39, 0.29) is 4.90 Å². The first-order valence-corrected chi connectivity index (χ1v) is 6.96. The Kier molecular flexibility index (Phi) is 4.08. The summed E-state index contributed by atoms with van der Waals surface area (Å²) in [5.41, 5.74) is 0. The van der Waals surface area contributed by atoms with Gasteiger partial charge in [-0.1, -0.05) is 4.89 Å². The summed E-state index contributed by atoms with van der Waals surface area (Å²) in [5, 5.41) is 0. The average molecular weight is 300 g/mol. The number of hydrogen-bond donors (Lipinski definition) is 1. The van der Waals surface area contributed by atoms with Gasteiger partial charge in [0.15, 0.2) is 0 Å². The first-order chi connectivity index (χ1) is 6.47. The van der Waals surface area contributed by atoms with Crippen LogP contribution >= 0.6 is 27.3 Å². The molecule has 0 aliphatic heterocycles. The predicted molar refractivity (Wildman–Crippen MR) is 58.7 cm³/mol. The smallest absolute Gasteiger partial charge is 0.263 e. The predicted octanol–water partition coefficient (Wildman–Crippen LogP) is 2.05. The van der Waals surface area contributed by atoms with Gasteiger partial charge in [0.25, 0.3) is 10.0 Å². The summed E-state index contributed by atoms with van der Waals surface area (Å²) >= 11 is 4.60. The van der Waals surface area contributed by atoms with Crippen molar-refractivity contribution in [3.05, 3.63) is 14.7 Å². The summed E-state index contributed by atoms with van der Waals surface area (Å²) in [4.78, 5) is 7.68. The molecule has 0 aliphatic rings. The van der Waals surface area contributed by atoms with Crippen LogP contribution in [0.3, 0.4) is 0 Å². The molecule has 0 saturated carbocycles. The van der Waals surface area contributed by atoms with Gasteiger partial charge in [-0.25, -0.2) is 8.42 Å². The maximum absolute atomic E-state index is 11.6. The Morgan fingerprint density at radius 2 is 2.29 bits per heavy atom. The number of nitrogens with one attached hydrogen (secondary N) is 1. The second-order valence-electron chi connectivity index (χ2n) is 2.49. The van der Waals surface area contributed by atoms with Crippen molar-refractivity contribution in [3.63, 3.8) is 0 Å². The van der Waals surface area contributed by atoms with Gasteiger partial charge in [0.05, 0.1) is 15.3 Å². The van der Waals surface area contributed by atoms with Crippen molar-refractivity contribution in [2.45, 2.75) is 18.7 Å². The Hall–Kier alpha value is 0.0500. The van der Waals surface area contributed by atoms with E-state index in [9.17, 15) is 8.42 Å². The van der Waals surface area contributed by atoms with Gasteiger partial charge >= 0.3 is 0 Å². The molecule has 0 unspecified atom stereocenters. The van der Waals surface area contributed by atoms with Crippen LogP contribution in [0, 0.1) is 6.92 Å². The molecule has 0 radical (unpaired) electrons. The Labute approximate surface area is 95.4 Å². The lowest BCUT2D eigenvalue weighted by Gasteiger charge is -2.03. The molecule has 4 nitrogen and oxygen atoms in total. The monoisotopic (exact) mass is 299 g/mol. The van der Waals surface area contributed by atoms with Crippen LogP contribution in [-0.2, 0) is 14.9 Å². The minimum absolute atomic E-state index is 0.253. The standard InChI is InChI=1S/C7H10BrNO3S2/c1-3-12-9-14(10,11)6-4-7(8)13-5(6)2/h4,9H,3H2,1-2H3. The lowest BCUT2D eigenvalue weighted by molar-refractivity contribution is 0.105. The van der Waals surface area contributed by atoms with Crippen molar-refractivity contribution in [1.82, 2.24) is 4.89 Å². The van der Waals surface area contributed by atoms with Crippen molar-refractivity contribution >= 4 is 37.3 Å². The molecular weight excluding hydrogens is 290 g/mol. The van der Waals surface area contributed by atoms with Crippen molar-refractivity contribution in [1.29, 1.82) is 0 Å². The SMILES string of the molecule is CCONS(=O)(=O)c1cc(Br)sc1C. The van der Waals surface area contributed by atoms with Gasteiger partial charge in [-0.3, -0.25) is 4.84 Å². The van der Waals surface area contributed by atoms with Crippen molar-refractivity contribution in [2.75, 3.05) is 6.61 Å². The fourth-order valence-corrected chi connectivity index (χ4v) is 4.16. The minimum Gasteiger partial charge on any atom is -0.287 e. The molecule has 1 aromatic heterocycles. The molecule has 0 amide bonds. The minimum atomic E-state index is -3.52. The van der Waals surface area contributed by atoms with Crippen molar-refractivity contribution in [3.8, 4) is 0 Å². The number of rotatable bonds is 4. The summed E-state index contributed by atoms with van der Waals surface area (Å²) in [6.45, 7) is 3.75. The van der Waals surface area contributed by atoms with Crippen molar-refractivity contribution in [2.24, 2.45) is 0 Å². The van der Waals surface area contributed by atoms with E-state index in [1.807, 2.05) is 4.89 Å². The van der Waals surface area contributed by atoms with E-state index in [1.165, 1.54) is 11.3 Å². The number of hydrogen-bond acceptors (Lipinski definition) is 4. The highest BCUT2D eigenvalue weighted by Crippen LogP contribution is 2.29. The van der Waals surface area contributed by atoms with Crippen LogP contribution in [-0.4, -0.2) is 15.0 Å². The largest absolute Gasteiger partial charge is 0.287 e. The van der Waals surface area contributed by atoms with E-state index in [0.29, 0.717) is 6.61 Å². The van der Waals surface area contributed by atoms with Gasteiger partial charge in [0.2, 0.25) is 0 Å². The highest BCUT2D eigenvalue weighted by Gasteiger charge is 2.19. The molecular formula is C7H10BrNO3S2. The summed E-state index contributed by atoms with van der Waals surface area (Å²) in [5.74, 6) is 0. The topological polar surface area (TPSA) is 55.4 Å². The lowest BCUT2D eigenvalue weighted by atomic mass is 10.5. The Bertz CT molecular complexity index is 413. The highest BCUT2D eigenvalue weighted by molar-refractivity contribution is 9.11. The van der Waals surface area contributed by atoms with Crippen LogP contribution in [0.5, 0.6) is 0 Å². The Morgan fingerprint density at radius 3 is 2.71 bits per heavy atom. The highest BCUT2D eigenvalue weighted by atomic mass is 79.9. The molecule has 0 aromatic carbocycles. The molecule has 14 heavy (non-hydrogen) atoms. The van der Waals surface area contributed by atoms with Gasteiger partial charge < -0.3 is 0 Å². The summed E-state index contributed by atoms with van der Waals surface area (Å²) in [6.07, 6.45) is 0. The van der Waals surface area contributed by atoms with E-state index >= 15 is 0 Å². The summed E-state index contributed by atoms with van der Waals surface area (Å²) in [7, 11) is -3.52. The van der Waals surface area contributed by atoms with Gasteiger partial charge in [-0.2, -0.15) is 0 Å². The van der Waals surface area contributed by atoms with E-state index in [2.05, 4.69) is 20.8 Å². The quantitative estimate of drug-likeness (QED) is 0.866. The summed E-state index contributed by atoms with van der Waals surface area (Å²) < 4.78 is 23.9. The zero-order chi connectivity index (χ0) is 10.8.